The largest absolute Gasteiger partial charge is 0.758 e. The molecule has 0 unspecified atom stereocenters. The van der Waals surface area contributed by atoms with Crippen molar-refractivity contribution in [2.24, 2.45) is 4.99 Å². The third kappa shape index (κ3) is 5.20. The average Bonchev–Trinajstić information content (AvgIpc) is 3.26. The second-order valence-electron chi connectivity index (χ2n) is 8.15. The lowest BCUT2D eigenvalue weighted by Gasteiger charge is -2.21. The molecule has 0 saturated heterocycles. The van der Waals surface area contributed by atoms with Gasteiger partial charge in [-0.25, -0.2) is 0 Å². The van der Waals surface area contributed by atoms with Crippen LogP contribution in [0.2, 0.25) is 0 Å². The Labute approximate surface area is 182 Å². The number of furan rings is 1. The Morgan fingerprint density at radius 1 is 1.17 bits per heavy atom. The summed E-state index contributed by atoms with van der Waals surface area (Å²) < 4.78 is 7.03. The monoisotopic (exact) mass is 422 g/mol. The van der Waals surface area contributed by atoms with Crippen LogP contribution in [0.3, 0.4) is 0 Å². The first-order valence-corrected chi connectivity index (χ1v) is 10.2. The number of aromatic nitrogens is 1. The second-order valence-corrected chi connectivity index (χ2v) is 8.56. The fourth-order valence-electron chi connectivity index (χ4n) is 3.11. The van der Waals surface area contributed by atoms with Crippen LogP contribution in [0.1, 0.15) is 54.1 Å². The summed E-state index contributed by atoms with van der Waals surface area (Å²) in [5.41, 5.74) is 2.40. The molecule has 6 heteroatoms. The highest BCUT2D eigenvalue weighted by Crippen LogP contribution is 2.23. The predicted molar refractivity (Wildman–Crippen MR) is 118 cm³/mol. The Bertz CT molecular complexity index is 1020. The van der Waals surface area contributed by atoms with E-state index < -0.39 is 6.04 Å². The van der Waals surface area contributed by atoms with Crippen LogP contribution in [0.15, 0.2) is 76.6 Å². The normalized spacial score (nSPS) is 13.3. The molecule has 156 valence electrons. The number of pyridine rings is 1. The number of Topliss-reactive ketones (excluding diaryl/α,β-unsaturated/α-hetero) is 1. The maximum atomic E-state index is 13.5. The summed E-state index contributed by atoms with van der Waals surface area (Å²) in [6.45, 7) is 6.53. The third-order valence-electron chi connectivity index (χ3n) is 4.85. The molecule has 3 rings (SSSR count). The third-order valence-corrected chi connectivity index (χ3v) is 5.21. The van der Waals surface area contributed by atoms with Gasteiger partial charge < -0.3 is 27.1 Å². The van der Waals surface area contributed by atoms with Gasteiger partial charge in [-0.2, -0.15) is 4.57 Å². The lowest BCUT2D eigenvalue weighted by atomic mass is 9.86. The molecule has 1 atom stereocenters. The Hall–Kier alpha value is -2.83. The van der Waals surface area contributed by atoms with E-state index in [1.54, 1.807) is 41.4 Å². The van der Waals surface area contributed by atoms with Crippen LogP contribution >= 0.6 is 0 Å². The van der Waals surface area contributed by atoms with E-state index in [9.17, 15) is 9.90 Å². The summed E-state index contributed by atoms with van der Waals surface area (Å²) in [5.74, 6) is 0.524. The molecule has 0 saturated carbocycles. The van der Waals surface area contributed by atoms with E-state index in [-0.39, 0.29) is 29.4 Å². The van der Waals surface area contributed by atoms with E-state index in [1.807, 2.05) is 30.3 Å². The van der Waals surface area contributed by atoms with E-state index >= 15 is 0 Å². The average molecular weight is 423 g/mol. The first-order chi connectivity index (χ1) is 14.3. The van der Waals surface area contributed by atoms with Crippen molar-refractivity contribution in [3.8, 4) is 0 Å². The highest BCUT2D eigenvalue weighted by molar-refractivity contribution is 7.77. The molecule has 5 nitrogen and oxygen atoms in total. The molecule has 3 aromatic rings. The molecule has 1 N–H and O–H groups in total. The SMILES string of the molecule is CC(C)(C)c1ccc(C(=O)[C@@H](C([S-])=NCc2ccco2)[n+]2cccc(CO)c2)cc1. The fraction of sp³-hybridized carbons (Fsp3) is 0.292. The standard InChI is InChI=1S/C24H26N2O3S/c1-24(2,3)19-10-8-18(9-11-19)22(28)21(26-12-4-6-17(15-26)16-27)23(30)25-14-20-7-5-13-29-20/h4-13,15,21,27H,14,16H2,1-3H3/t21-/m0/s1. The number of hydrogen-bond acceptors (Lipinski definition) is 5. The van der Waals surface area contributed by atoms with Crippen LogP contribution in [-0.4, -0.2) is 15.9 Å². The van der Waals surface area contributed by atoms with Gasteiger partial charge >= 0.3 is 0 Å². The molecular formula is C24H26N2O3S. The molecular weight excluding hydrogens is 396 g/mol. The van der Waals surface area contributed by atoms with E-state index in [2.05, 4.69) is 25.8 Å². The van der Waals surface area contributed by atoms with Gasteiger partial charge in [0.2, 0.25) is 11.8 Å². The zero-order valence-corrected chi connectivity index (χ0v) is 18.2. The summed E-state index contributed by atoms with van der Waals surface area (Å²) in [6.07, 6.45) is 5.06. The number of carbonyl (C=O) groups is 1. The minimum absolute atomic E-state index is 0.00113. The van der Waals surface area contributed by atoms with Crippen molar-refractivity contribution < 1.29 is 18.9 Å². The Balaban J connectivity index is 1.97. The molecule has 2 heterocycles. The molecule has 30 heavy (non-hydrogen) atoms. The number of benzene rings is 1. The van der Waals surface area contributed by atoms with Gasteiger partial charge in [0.1, 0.15) is 5.76 Å². The van der Waals surface area contributed by atoms with Crippen molar-refractivity contribution in [1.82, 2.24) is 0 Å². The summed E-state index contributed by atoms with van der Waals surface area (Å²) in [5, 5.41) is 9.77. The highest BCUT2D eigenvalue weighted by Gasteiger charge is 2.29. The van der Waals surface area contributed by atoms with Gasteiger partial charge in [-0.3, -0.25) is 4.79 Å². The van der Waals surface area contributed by atoms with Crippen molar-refractivity contribution in [1.29, 1.82) is 0 Å². The van der Waals surface area contributed by atoms with Gasteiger partial charge in [-0.15, -0.1) is 0 Å². The molecule has 0 fully saturated rings. The number of aliphatic hydroxyl groups is 1. The molecule has 1 aromatic carbocycles. The van der Waals surface area contributed by atoms with E-state index in [0.717, 1.165) is 5.56 Å². The molecule has 2 aromatic heterocycles. The van der Waals surface area contributed by atoms with Gasteiger partial charge in [-0.1, -0.05) is 45.0 Å². The lowest BCUT2D eigenvalue weighted by Crippen LogP contribution is -2.48. The number of aliphatic hydroxyl groups excluding tert-OH is 1. The number of nitrogens with zero attached hydrogens (tertiary/aromatic N) is 2. The topological polar surface area (TPSA) is 66.7 Å². The minimum Gasteiger partial charge on any atom is -0.758 e. The van der Waals surface area contributed by atoms with E-state index in [4.69, 9.17) is 17.0 Å². The molecule has 0 amide bonds. The highest BCUT2D eigenvalue weighted by atomic mass is 32.1. The summed E-state index contributed by atoms with van der Waals surface area (Å²) in [7, 11) is 0. The van der Waals surface area contributed by atoms with Crippen LogP contribution in [-0.2, 0) is 31.2 Å². The minimum atomic E-state index is -0.790. The zero-order chi connectivity index (χ0) is 21.7. The van der Waals surface area contributed by atoms with Crippen LogP contribution in [0.4, 0.5) is 0 Å². The predicted octanol–water partition coefficient (Wildman–Crippen LogP) is 3.93. The van der Waals surface area contributed by atoms with Crippen molar-refractivity contribution in [3.05, 3.63) is 89.6 Å². The first kappa shape index (κ1) is 21.9. The zero-order valence-electron chi connectivity index (χ0n) is 17.4. The summed E-state index contributed by atoms with van der Waals surface area (Å²) in [6, 6.07) is 14.0. The van der Waals surface area contributed by atoms with Crippen molar-refractivity contribution in [2.75, 3.05) is 0 Å². The molecule has 0 aliphatic rings. The van der Waals surface area contributed by atoms with E-state index in [0.29, 0.717) is 16.9 Å². The number of hydrogen-bond donors (Lipinski definition) is 1. The fourth-order valence-corrected chi connectivity index (χ4v) is 3.40. The second kappa shape index (κ2) is 9.32. The van der Waals surface area contributed by atoms with Crippen LogP contribution in [0, 0.1) is 0 Å². The lowest BCUT2D eigenvalue weighted by molar-refractivity contribution is -0.692. The van der Waals surface area contributed by atoms with Crippen LogP contribution in [0.25, 0.3) is 0 Å². The molecule has 0 aliphatic carbocycles. The van der Waals surface area contributed by atoms with Crippen molar-refractivity contribution in [2.45, 2.75) is 45.4 Å². The quantitative estimate of drug-likeness (QED) is 0.206. The van der Waals surface area contributed by atoms with Crippen LogP contribution < -0.4 is 4.57 Å². The Morgan fingerprint density at radius 2 is 1.90 bits per heavy atom. The van der Waals surface area contributed by atoms with E-state index in [1.165, 1.54) is 0 Å². The molecule has 0 bridgehead atoms. The molecule has 0 radical (unpaired) electrons. The number of aliphatic imine (C=N–C) groups is 1. The molecule has 0 aliphatic heterocycles. The van der Waals surface area contributed by atoms with Crippen molar-refractivity contribution >= 4 is 23.5 Å². The van der Waals surface area contributed by atoms with Gasteiger partial charge in [0, 0.05) is 17.2 Å². The molecule has 0 spiro atoms. The van der Waals surface area contributed by atoms with Crippen molar-refractivity contribution in [3.63, 3.8) is 0 Å². The summed E-state index contributed by atoms with van der Waals surface area (Å²) >= 11 is 5.56. The maximum Gasteiger partial charge on any atom is 0.237 e. The van der Waals surface area contributed by atoms with Gasteiger partial charge in [0.05, 0.1) is 19.4 Å². The number of rotatable bonds is 7. The smallest absolute Gasteiger partial charge is 0.237 e. The Kier molecular flexibility index (Phi) is 6.80. The van der Waals surface area contributed by atoms with Gasteiger partial charge in [0.25, 0.3) is 0 Å². The van der Waals surface area contributed by atoms with Crippen LogP contribution in [0.5, 0.6) is 0 Å². The Morgan fingerprint density at radius 3 is 2.50 bits per heavy atom. The summed E-state index contributed by atoms with van der Waals surface area (Å²) in [4.78, 5) is 17.9. The maximum absolute atomic E-state index is 13.5. The number of ketones is 1. The van der Waals surface area contributed by atoms with Gasteiger partial charge in [-0.05, 0) is 34.2 Å². The first-order valence-electron chi connectivity index (χ1n) is 9.78. The van der Waals surface area contributed by atoms with Gasteiger partial charge in [0.15, 0.2) is 12.4 Å². The number of carbonyl (C=O) groups excluding carboxylic acids is 1.